The molecule has 94 valence electrons. The van der Waals surface area contributed by atoms with Gasteiger partial charge < -0.3 is 4.72 Å². The molecule has 1 heterocycles. The highest BCUT2D eigenvalue weighted by atomic mass is 35.5. The lowest BCUT2D eigenvalue weighted by atomic mass is 10.3. The van der Waals surface area contributed by atoms with E-state index in [1.165, 1.54) is 23.3 Å². The van der Waals surface area contributed by atoms with Gasteiger partial charge in [-0.2, -0.15) is 0 Å². The molecule has 1 N–H and O–H groups in total. The fourth-order valence-electron chi connectivity index (χ4n) is 1.30. The van der Waals surface area contributed by atoms with E-state index in [1.54, 1.807) is 25.1 Å². The highest BCUT2D eigenvalue weighted by Gasteiger charge is 2.15. The summed E-state index contributed by atoms with van der Waals surface area (Å²) in [5, 5.41) is 11.4. The summed E-state index contributed by atoms with van der Waals surface area (Å²) in [6.45, 7) is 1.75. The Kier molecular flexibility index (Phi) is 4.11. The SMILES string of the molecule is Cc1sc(SNc2ccc(Cl)cc2)cc1[N+](=O)[O-]. The Morgan fingerprint density at radius 2 is 2.06 bits per heavy atom. The van der Waals surface area contributed by atoms with Gasteiger partial charge in [-0.3, -0.25) is 10.1 Å². The zero-order valence-corrected chi connectivity index (χ0v) is 11.7. The molecular formula is C11H9ClN2O2S2. The van der Waals surface area contributed by atoms with Crippen LogP contribution in [0.2, 0.25) is 5.02 Å². The van der Waals surface area contributed by atoms with Crippen LogP contribution in [0.5, 0.6) is 0 Å². The molecule has 0 saturated heterocycles. The molecule has 0 amide bonds. The monoisotopic (exact) mass is 300 g/mol. The van der Waals surface area contributed by atoms with E-state index in [-0.39, 0.29) is 10.6 Å². The quantitative estimate of drug-likeness (QED) is 0.503. The summed E-state index contributed by atoms with van der Waals surface area (Å²) in [4.78, 5) is 11.1. The average molecular weight is 301 g/mol. The zero-order valence-electron chi connectivity index (χ0n) is 9.34. The lowest BCUT2D eigenvalue weighted by Crippen LogP contribution is -1.86. The van der Waals surface area contributed by atoms with E-state index in [1.807, 2.05) is 12.1 Å². The number of hydrogen-bond acceptors (Lipinski definition) is 5. The van der Waals surface area contributed by atoms with Crippen molar-refractivity contribution in [3.8, 4) is 0 Å². The number of hydrogen-bond donors (Lipinski definition) is 1. The van der Waals surface area contributed by atoms with Crippen LogP contribution in [0.1, 0.15) is 4.88 Å². The first-order valence-corrected chi connectivity index (χ1v) is 7.00. The number of anilines is 1. The molecule has 0 radical (unpaired) electrons. The Morgan fingerprint density at radius 1 is 1.39 bits per heavy atom. The Balaban J connectivity index is 2.04. The number of rotatable bonds is 4. The van der Waals surface area contributed by atoms with Crippen LogP contribution in [0, 0.1) is 17.0 Å². The molecule has 2 aromatic rings. The molecule has 0 spiro atoms. The fourth-order valence-corrected chi connectivity index (χ4v) is 3.33. The minimum Gasteiger partial charge on any atom is -0.325 e. The van der Waals surface area contributed by atoms with Crippen LogP contribution < -0.4 is 4.72 Å². The maximum atomic E-state index is 10.7. The van der Waals surface area contributed by atoms with E-state index in [2.05, 4.69) is 4.72 Å². The molecule has 0 atom stereocenters. The van der Waals surface area contributed by atoms with E-state index in [0.29, 0.717) is 9.90 Å². The molecule has 2 rings (SSSR count). The van der Waals surface area contributed by atoms with E-state index in [4.69, 9.17) is 11.6 Å². The Hall–Kier alpha value is -1.24. The summed E-state index contributed by atoms with van der Waals surface area (Å²) < 4.78 is 3.97. The standard InChI is InChI=1S/C11H9ClN2O2S2/c1-7-10(14(15)16)6-11(17-7)18-13-9-4-2-8(12)3-5-9/h2-6,13H,1H3. The molecule has 18 heavy (non-hydrogen) atoms. The number of nitrogens with one attached hydrogen (secondary N) is 1. The zero-order chi connectivity index (χ0) is 13.1. The Bertz CT molecular complexity index is 569. The third kappa shape index (κ3) is 3.16. The minimum atomic E-state index is -0.363. The van der Waals surface area contributed by atoms with Crippen molar-refractivity contribution in [1.29, 1.82) is 0 Å². The first-order chi connectivity index (χ1) is 8.56. The molecule has 0 fully saturated rings. The smallest absolute Gasteiger partial charge is 0.284 e. The molecule has 1 aromatic heterocycles. The van der Waals surface area contributed by atoms with Crippen molar-refractivity contribution in [1.82, 2.24) is 0 Å². The highest BCUT2D eigenvalue weighted by molar-refractivity contribution is 8.02. The molecular weight excluding hydrogens is 292 g/mol. The van der Waals surface area contributed by atoms with Crippen LogP contribution in [0.3, 0.4) is 0 Å². The number of benzene rings is 1. The molecule has 0 unspecified atom stereocenters. The van der Waals surface area contributed by atoms with E-state index < -0.39 is 0 Å². The molecule has 1 aromatic carbocycles. The topological polar surface area (TPSA) is 55.2 Å². The van der Waals surface area contributed by atoms with Crippen LogP contribution in [0.4, 0.5) is 11.4 Å². The number of nitrogens with zero attached hydrogens (tertiary/aromatic N) is 1. The Morgan fingerprint density at radius 3 is 2.61 bits per heavy atom. The first kappa shape index (κ1) is 13.2. The van der Waals surface area contributed by atoms with Crippen molar-refractivity contribution in [2.45, 2.75) is 11.1 Å². The second-order valence-electron chi connectivity index (χ2n) is 3.47. The van der Waals surface area contributed by atoms with Crippen molar-refractivity contribution in [3.63, 3.8) is 0 Å². The van der Waals surface area contributed by atoms with Gasteiger partial charge in [0, 0.05) is 16.8 Å². The van der Waals surface area contributed by atoms with Crippen LogP contribution in [-0.2, 0) is 0 Å². The second kappa shape index (κ2) is 5.60. The predicted octanol–water partition coefficient (Wildman–Crippen LogP) is 4.74. The number of halogens is 1. The average Bonchev–Trinajstić information content (AvgIpc) is 2.70. The van der Waals surface area contributed by atoms with Crippen LogP contribution in [-0.4, -0.2) is 4.92 Å². The largest absolute Gasteiger partial charge is 0.325 e. The molecule has 4 nitrogen and oxygen atoms in total. The van der Waals surface area contributed by atoms with Crippen molar-refractivity contribution in [2.75, 3.05) is 4.72 Å². The van der Waals surface area contributed by atoms with Crippen LogP contribution in [0.25, 0.3) is 0 Å². The predicted molar refractivity (Wildman–Crippen MR) is 76.6 cm³/mol. The van der Waals surface area contributed by atoms with Gasteiger partial charge in [-0.15, -0.1) is 11.3 Å². The molecule has 0 aliphatic carbocycles. The first-order valence-electron chi connectivity index (χ1n) is 4.99. The molecule has 0 aliphatic heterocycles. The molecule has 0 aliphatic rings. The number of aryl methyl sites for hydroxylation is 1. The summed E-state index contributed by atoms with van der Waals surface area (Å²) in [5.41, 5.74) is 1.07. The van der Waals surface area contributed by atoms with Crippen molar-refractivity contribution >= 4 is 46.3 Å². The van der Waals surface area contributed by atoms with E-state index in [9.17, 15) is 10.1 Å². The summed E-state index contributed by atoms with van der Waals surface area (Å²) in [7, 11) is 0. The van der Waals surface area contributed by atoms with Crippen LogP contribution >= 0.6 is 34.9 Å². The summed E-state index contributed by atoms with van der Waals surface area (Å²) in [6.07, 6.45) is 0. The lowest BCUT2D eigenvalue weighted by Gasteiger charge is -2.02. The highest BCUT2D eigenvalue weighted by Crippen LogP contribution is 2.35. The van der Waals surface area contributed by atoms with Crippen LogP contribution in [0.15, 0.2) is 34.5 Å². The van der Waals surface area contributed by atoms with Gasteiger partial charge in [-0.1, -0.05) is 11.6 Å². The number of thiophene rings is 1. The maximum absolute atomic E-state index is 10.7. The van der Waals surface area contributed by atoms with Crippen molar-refractivity contribution in [2.24, 2.45) is 0 Å². The second-order valence-corrected chi connectivity index (χ2v) is 6.27. The molecule has 0 saturated carbocycles. The van der Waals surface area contributed by atoms with Gasteiger partial charge in [0.05, 0.1) is 14.0 Å². The maximum Gasteiger partial charge on any atom is 0.284 e. The van der Waals surface area contributed by atoms with Gasteiger partial charge in [0.2, 0.25) is 0 Å². The van der Waals surface area contributed by atoms with E-state index in [0.717, 1.165) is 9.90 Å². The third-order valence-corrected chi connectivity index (χ3v) is 4.42. The van der Waals surface area contributed by atoms with Gasteiger partial charge in [-0.05, 0) is 43.1 Å². The Labute approximate surface area is 117 Å². The van der Waals surface area contributed by atoms with Gasteiger partial charge >= 0.3 is 0 Å². The third-order valence-electron chi connectivity index (χ3n) is 2.18. The molecule has 0 bridgehead atoms. The summed E-state index contributed by atoms with van der Waals surface area (Å²) in [5.74, 6) is 0. The van der Waals surface area contributed by atoms with Gasteiger partial charge in [0.1, 0.15) is 0 Å². The fraction of sp³-hybridized carbons (Fsp3) is 0.0909. The van der Waals surface area contributed by atoms with Crippen molar-refractivity contribution < 1.29 is 4.92 Å². The normalized spacial score (nSPS) is 10.3. The summed E-state index contributed by atoms with van der Waals surface area (Å²) >= 11 is 8.53. The van der Waals surface area contributed by atoms with Gasteiger partial charge in [-0.25, -0.2) is 0 Å². The number of nitro groups is 1. The summed E-state index contributed by atoms with van der Waals surface area (Å²) in [6, 6.07) is 8.85. The van der Waals surface area contributed by atoms with E-state index >= 15 is 0 Å². The molecule has 7 heteroatoms. The van der Waals surface area contributed by atoms with Gasteiger partial charge in [0.25, 0.3) is 5.69 Å². The lowest BCUT2D eigenvalue weighted by molar-refractivity contribution is -0.385. The van der Waals surface area contributed by atoms with Crippen molar-refractivity contribution in [3.05, 3.63) is 50.3 Å². The minimum absolute atomic E-state index is 0.167. The van der Waals surface area contributed by atoms with Gasteiger partial charge in [0.15, 0.2) is 0 Å².